The van der Waals surface area contributed by atoms with Gasteiger partial charge in [0.25, 0.3) is 0 Å². The molecule has 0 atom stereocenters. The third kappa shape index (κ3) is 5.71. The lowest BCUT2D eigenvalue weighted by Crippen LogP contribution is -2.51. The number of rotatable bonds is 4. The van der Waals surface area contributed by atoms with Gasteiger partial charge in [0, 0.05) is 44.8 Å². The normalized spacial score (nSPS) is 27.9. The number of hydrogen-bond donors (Lipinski definition) is 2. The van der Waals surface area contributed by atoms with Gasteiger partial charge in [-0.1, -0.05) is 0 Å². The van der Waals surface area contributed by atoms with E-state index in [4.69, 9.17) is 0 Å². The van der Waals surface area contributed by atoms with Crippen molar-refractivity contribution in [2.24, 2.45) is 0 Å². The maximum Gasteiger partial charge on any atom is 0.390 e. The van der Waals surface area contributed by atoms with E-state index in [0.29, 0.717) is 6.04 Å². The number of urea groups is 1. The average molecular weight is 391 g/mol. The topological polar surface area (TPSA) is 67.9 Å². The summed E-state index contributed by atoms with van der Waals surface area (Å²) >= 11 is 0. The van der Waals surface area contributed by atoms with Crippen molar-refractivity contribution in [2.75, 3.05) is 45.9 Å². The Labute approximate surface area is 157 Å². The number of nitrogens with zero attached hydrogens (tertiary/aromatic N) is 3. The van der Waals surface area contributed by atoms with Crippen molar-refractivity contribution >= 4 is 11.9 Å². The zero-order valence-corrected chi connectivity index (χ0v) is 15.4. The second kappa shape index (κ2) is 8.64. The van der Waals surface area contributed by atoms with Crippen LogP contribution in [0.5, 0.6) is 0 Å². The van der Waals surface area contributed by atoms with Crippen LogP contribution in [0.25, 0.3) is 0 Å². The molecule has 0 radical (unpaired) electrons. The van der Waals surface area contributed by atoms with Crippen LogP contribution in [-0.2, 0) is 4.79 Å². The Balaban J connectivity index is 1.40. The van der Waals surface area contributed by atoms with Gasteiger partial charge in [0.1, 0.15) is 6.54 Å². The molecular formula is C17H28F3N5O2. The van der Waals surface area contributed by atoms with Crippen LogP contribution in [0.2, 0.25) is 0 Å². The lowest BCUT2D eigenvalue weighted by molar-refractivity contribution is -0.142. The average Bonchev–Trinajstić information content (AvgIpc) is 3.02. The largest absolute Gasteiger partial charge is 0.390 e. The molecule has 0 aromatic rings. The molecule has 0 spiro atoms. The van der Waals surface area contributed by atoms with Crippen LogP contribution in [0.15, 0.2) is 0 Å². The third-order valence-electron chi connectivity index (χ3n) is 5.66. The van der Waals surface area contributed by atoms with Gasteiger partial charge in [-0.2, -0.15) is 13.2 Å². The summed E-state index contributed by atoms with van der Waals surface area (Å²) in [4.78, 5) is 29.1. The monoisotopic (exact) mass is 391 g/mol. The molecule has 2 heterocycles. The van der Waals surface area contributed by atoms with E-state index < -0.39 is 25.0 Å². The van der Waals surface area contributed by atoms with E-state index >= 15 is 0 Å². The van der Waals surface area contributed by atoms with E-state index in [9.17, 15) is 22.8 Å². The summed E-state index contributed by atoms with van der Waals surface area (Å²) in [5, 5.41) is 6.30. The summed E-state index contributed by atoms with van der Waals surface area (Å²) in [6.45, 7) is 3.53. The minimum absolute atomic E-state index is 0.0657. The molecule has 0 bridgehead atoms. The fourth-order valence-corrected chi connectivity index (χ4v) is 4.09. The molecule has 3 amide bonds. The number of amides is 3. The molecule has 2 N–H and O–H groups in total. The first-order valence-electron chi connectivity index (χ1n) is 9.66. The molecule has 3 fully saturated rings. The minimum Gasteiger partial charge on any atom is -0.335 e. The molecule has 2 aliphatic heterocycles. The van der Waals surface area contributed by atoms with E-state index in [0.717, 1.165) is 56.8 Å². The molecule has 0 aromatic heterocycles. The van der Waals surface area contributed by atoms with Crippen LogP contribution in [0.4, 0.5) is 18.0 Å². The number of piperazine rings is 1. The molecule has 10 heteroatoms. The molecule has 0 aromatic carbocycles. The molecule has 1 saturated carbocycles. The van der Waals surface area contributed by atoms with Crippen LogP contribution < -0.4 is 10.6 Å². The number of carbonyl (C=O) groups is 2. The van der Waals surface area contributed by atoms with E-state index in [2.05, 4.69) is 15.5 Å². The molecular weight excluding hydrogens is 363 g/mol. The molecule has 2 saturated heterocycles. The summed E-state index contributed by atoms with van der Waals surface area (Å²) in [5.41, 5.74) is 0. The summed E-state index contributed by atoms with van der Waals surface area (Å²) in [6, 6.07) is 0.269. The van der Waals surface area contributed by atoms with Gasteiger partial charge in [-0.3, -0.25) is 14.6 Å². The lowest BCUT2D eigenvalue weighted by atomic mass is 9.90. The number of alkyl halides is 3. The summed E-state index contributed by atoms with van der Waals surface area (Å²) in [7, 11) is 0. The number of carbonyl (C=O) groups excluding carboxylic acids is 2. The number of hydrogen-bond acceptors (Lipinski definition) is 4. The smallest absolute Gasteiger partial charge is 0.335 e. The van der Waals surface area contributed by atoms with Crippen LogP contribution in [0.3, 0.4) is 0 Å². The predicted molar refractivity (Wildman–Crippen MR) is 93.0 cm³/mol. The Kier molecular flexibility index (Phi) is 6.46. The quantitative estimate of drug-likeness (QED) is 0.749. The third-order valence-corrected chi connectivity index (χ3v) is 5.66. The summed E-state index contributed by atoms with van der Waals surface area (Å²) in [5.74, 6) is -0.434. The molecule has 7 nitrogen and oxygen atoms in total. The van der Waals surface area contributed by atoms with Crippen molar-refractivity contribution in [3.8, 4) is 0 Å². The maximum atomic E-state index is 12.4. The molecule has 1 aliphatic carbocycles. The zero-order chi connectivity index (χ0) is 19.4. The second-order valence-electron chi connectivity index (χ2n) is 7.60. The van der Waals surface area contributed by atoms with Gasteiger partial charge < -0.3 is 15.5 Å². The number of halogens is 3. The number of nitrogens with one attached hydrogen (secondary N) is 2. The van der Waals surface area contributed by atoms with Gasteiger partial charge in [0.15, 0.2) is 0 Å². The summed E-state index contributed by atoms with van der Waals surface area (Å²) < 4.78 is 37.0. The Hall–Kier alpha value is -1.55. The second-order valence-corrected chi connectivity index (χ2v) is 7.60. The molecule has 3 rings (SSSR count). The van der Waals surface area contributed by atoms with Crippen LogP contribution in [0.1, 0.15) is 32.1 Å². The van der Waals surface area contributed by atoms with Crippen LogP contribution >= 0.6 is 0 Å². The standard InChI is InChI=1S/C17H28F3N5O2/c18-17(19,20)5-8-24-12-25(11-15(24)26)16(27)22-13-1-3-14(4-2-13)23-9-6-21-7-10-23/h13-14,21H,1-12H2,(H,22,27). The maximum absolute atomic E-state index is 12.4. The zero-order valence-electron chi connectivity index (χ0n) is 15.4. The fourth-order valence-electron chi connectivity index (χ4n) is 4.09. The van der Waals surface area contributed by atoms with Gasteiger partial charge in [-0.25, -0.2) is 4.79 Å². The minimum atomic E-state index is -4.31. The first-order valence-corrected chi connectivity index (χ1v) is 9.66. The summed E-state index contributed by atoms with van der Waals surface area (Å²) in [6.07, 6.45) is -1.52. The van der Waals surface area contributed by atoms with Crippen LogP contribution in [-0.4, -0.2) is 90.8 Å². The van der Waals surface area contributed by atoms with Gasteiger partial charge in [0.05, 0.1) is 13.1 Å². The van der Waals surface area contributed by atoms with Crippen molar-refractivity contribution < 1.29 is 22.8 Å². The first-order chi connectivity index (χ1) is 12.8. The van der Waals surface area contributed by atoms with Crippen LogP contribution in [0, 0.1) is 0 Å². The van der Waals surface area contributed by atoms with Crippen molar-refractivity contribution in [3.05, 3.63) is 0 Å². The SMILES string of the molecule is O=C1CN(C(=O)NC2CCC(N3CCNCC3)CC2)CN1CCC(F)(F)F. The highest BCUT2D eigenvalue weighted by molar-refractivity contribution is 5.87. The predicted octanol–water partition coefficient (Wildman–Crippen LogP) is 0.966. The van der Waals surface area contributed by atoms with E-state index in [1.807, 2.05) is 0 Å². The van der Waals surface area contributed by atoms with Crippen molar-refractivity contribution in [1.82, 2.24) is 25.3 Å². The molecule has 27 heavy (non-hydrogen) atoms. The molecule has 0 unspecified atom stereocenters. The van der Waals surface area contributed by atoms with Gasteiger partial charge in [-0.15, -0.1) is 0 Å². The van der Waals surface area contributed by atoms with Gasteiger partial charge >= 0.3 is 12.2 Å². The van der Waals surface area contributed by atoms with E-state index in [1.54, 1.807) is 0 Å². The molecule has 154 valence electrons. The van der Waals surface area contributed by atoms with Crippen molar-refractivity contribution in [1.29, 1.82) is 0 Å². The van der Waals surface area contributed by atoms with Crippen molar-refractivity contribution in [3.63, 3.8) is 0 Å². The Bertz CT molecular complexity index is 531. The highest BCUT2D eigenvalue weighted by atomic mass is 19.4. The Morgan fingerprint density at radius 2 is 1.81 bits per heavy atom. The van der Waals surface area contributed by atoms with E-state index in [1.165, 1.54) is 4.90 Å². The fraction of sp³-hybridized carbons (Fsp3) is 0.882. The highest BCUT2D eigenvalue weighted by Crippen LogP contribution is 2.24. The Morgan fingerprint density at radius 3 is 2.44 bits per heavy atom. The Morgan fingerprint density at radius 1 is 1.15 bits per heavy atom. The lowest BCUT2D eigenvalue weighted by Gasteiger charge is -2.39. The highest BCUT2D eigenvalue weighted by Gasteiger charge is 2.35. The van der Waals surface area contributed by atoms with Gasteiger partial charge in [0.2, 0.25) is 5.91 Å². The van der Waals surface area contributed by atoms with Crippen molar-refractivity contribution in [2.45, 2.75) is 50.4 Å². The van der Waals surface area contributed by atoms with E-state index in [-0.39, 0.29) is 25.3 Å². The molecule has 3 aliphatic rings. The first kappa shape index (κ1) is 20.2. The van der Waals surface area contributed by atoms with Gasteiger partial charge in [-0.05, 0) is 25.7 Å².